The summed E-state index contributed by atoms with van der Waals surface area (Å²) in [7, 11) is 0. The van der Waals surface area contributed by atoms with E-state index < -0.39 is 5.92 Å². The van der Waals surface area contributed by atoms with Crippen molar-refractivity contribution in [1.82, 2.24) is 5.32 Å². The number of amides is 2. The van der Waals surface area contributed by atoms with Gasteiger partial charge < -0.3 is 20.4 Å². The van der Waals surface area contributed by atoms with Crippen molar-refractivity contribution in [2.45, 2.75) is 40.0 Å². The molecule has 0 radical (unpaired) electrons. The van der Waals surface area contributed by atoms with Crippen molar-refractivity contribution in [2.75, 3.05) is 16.4 Å². The second-order valence-corrected chi connectivity index (χ2v) is 10.6. The topological polar surface area (TPSA) is 107 Å². The summed E-state index contributed by atoms with van der Waals surface area (Å²) in [4.78, 5) is 26.4. The lowest BCUT2D eigenvalue weighted by atomic mass is 9.85. The van der Waals surface area contributed by atoms with Crippen LogP contribution in [0.5, 0.6) is 0 Å². The fourth-order valence-electron chi connectivity index (χ4n) is 4.46. The number of furan rings is 1. The molecule has 9 heteroatoms. The van der Waals surface area contributed by atoms with Gasteiger partial charge in [0.25, 0.3) is 5.91 Å². The van der Waals surface area contributed by atoms with Gasteiger partial charge in [0.2, 0.25) is 5.91 Å². The molecule has 1 aliphatic rings. The maximum absolute atomic E-state index is 13.7. The minimum atomic E-state index is -0.734. The lowest BCUT2D eigenvalue weighted by Crippen LogP contribution is -2.31. The Morgan fingerprint density at radius 2 is 1.90 bits per heavy atom. The number of aryl methyl sites for hydroxylation is 3. The first kappa shape index (κ1) is 28.1. The highest BCUT2D eigenvalue weighted by Crippen LogP contribution is 2.41. The van der Waals surface area contributed by atoms with Gasteiger partial charge >= 0.3 is 0 Å². The molecule has 2 heterocycles. The van der Waals surface area contributed by atoms with E-state index in [1.807, 2.05) is 45.0 Å². The van der Waals surface area contributed by atoms with Crippen LogP contribution in [0.1, 0.15) is 42.2 Å². The summed E-state index contributed by atoms with van der Waals surface area (Å²) >= 11 is 7.36. The average molecular weight is 561 g/mol. The van der Waals surface area contributed by atoms with E-state index in [9.17, 15) is 14.9 Å². The standard InChI is InChI=1S/C30H29ClN4O3S/c1-5-20-9-6-8-18(3)28(20)35-29(37)26-19(4)33-30(22(15-32)27(26)24-10-7-13-38-24)39-16-25(36)34-21-12-11-17(2)23(31)14-21/h6-14,27,33H,5,16H2,1-4H3,(H,34,36)(H,35,37)/t27-/m1/s1. The number of thioether (sulfide) groups is 1. The molecule has 0 saturated carbocycles. The van der Waals surface area contributed by atoms with Gasteiger partial charge in [-0.25, -0.2) is 0 Å². The minimum absolute atomic E-state index is 0.0434. The second kappa shape index (κ2) is 12.3. The predicted octanol–water partition coefficient (Wildman–Crippen LogP) is 6.82. The van der Waals surface area contributed by atoms with Crippen LogP contribution in [-0.4, -0.2) is 17.6 Å². The number of benzene rings is 2. The van der Waals surface area contributed by atoms with Crippen LogP contribution in [0.3, 0.4) is 0 Å². The number of para-hydroxylation sites is 1. The molecule has 4 rings (SSSR count). The normalized spacial score (nSPS) is 15.0. The van der Waals surface area contributed by atoms with E-state index in [1.165, 1.54) is 18.0 Å². The first-order chi connectivity index (χ1) is 18.7. The van der Waals surface area contributed by atoms with Gasteiger partial charge in [-0.1, -0.05) is 54.6 Å². The Bertz CT molecular complexity index is 1520. The van der Waals surface area contributed by atoms with Crippen LogP contribution < -0.4 is 16.0 Å². The summed E-state index contributed by atoms with van der Waals surface area (Å²) in [6, 6.07) is 16.9. The number of allylic oxidation sites excluding steroid dienone is 2. The highest BCUT2D eigenvalue weighted by Gasteiger charge is 2.36. The molecular formula is C30H29ClN4O3S. The maximum atomic E-state index is 13.7. The molecule has 3 aromatic rings. The molecule has 0 aliphatic carbocycles. The van der Waals surface area contributed by atoms with Gasteiger partial charge in [0.15, 0.2) is 0 Å². The van der Waals surface area contributed by atoms with E-state index in [4.69, 9.17) is 16.0 Å². The van der Waals surface area contributed by atoms with Crippen LogP contribution in [0.2, 0.25) is 5.02 Å². The number of anilines is 2. The van der Waals surface area contributed by atoms with Crippen molar-refractivity contribution in [3.8, 4) is 6.07 Å². The molecule has 1 aliphatic heterocycles. The SMILES string of the molecule is CCc1cccc(C)c1NC(=O)C1=C(C)NC(SCC(=O)Nc2ccc(C)c(Cl)c2)=C(C#N)[C@@H]1c1ccco1. The van der Waals surface area contributed by atoms with E-state index in [0.717, 1.165) is 28.8 Å². The lowest BCUT2D eigenvalue weighted by Gasteiger charge is -2.28. The van der Waals surface area contributed by atoms with Crippen LogP contribution in [-0.2, 0) is 16.0 Å². The number of hydrogen-bond donors (Lipinski definition) is 3. The van der Waals surface area contributed by atoms with Crippen LogP contribution in [0, 0.1) is 25.2 Å². The number of nitrogens with zero attached hydrogens (tertiary/aromatic N) is 1. The Balaban J connectivity index is 1.60. The summed E-state index contributed by atoms with van der Waals surface area (Å²) in [5.74, 6) is -0.798. The number of rotatable bonds is 8. The van der Waals surface area contributed by atoms with Crippen molar-refractivity contribution in [3.05, 3.63) is 104 Å². The molecule has 7 nitrogen and oxygen atoms in total. The molecule has 0 unspecified atom stereocenters. The first-order valence-electron chi connectivity index (χ1n) is 12.5. The number of carbonyl (C=O) groups is 2. The van der Waals surface area contributed by atoms with E-state index >= 15 is 0 Å². The highest BCUT2D eigenvalue weighted by atomic mass is 35.5. The van der Waals surface area contributed by atoms with Crippen LogP contribution >= 0.6 is 23.4 Å². The fraction of sp³-hybridized carbons (Fsp3) is 0.233. The number of nitrogens with one attached hydrogen (secondary N) is 3. The zero-order chi connectivity index (χ0) is 28.1. The van der Waals surface area contributed by atoms with Crippen LogP contribution in [0.4, 0.5) is 11.4 Å². The van der Waals surface area contributed by atoms with Crippen molar-refractivity contribution < 1.29 is 14.0 Å². The third-order valence-corrected chi connectivity index (χ3v) is 7.93. The smallest absolute Gasteiger partial charge is 0.254 e. The fourth-order valence-corrected chi connectivity index (χ4v) is 5.53. The summed E-state index contributed by atoms with van der Waals surface area (Å²) in [6.07, 6.45) is 2.27. The molecule has 0 spiro atoms. The van der Waals surface area contributed by atoms with E-state index in [0.29, 0.717) is 38.3 Å². The third kappa shape index (κ3) is 6.22. The van der Waals surface area contributed by atoms with Crippen molar-refractivity contribution in [1.29, 1.82) is 5.26 Å². The summed E-state index contributed by atoms with van der Waals surface area (Å²) in [5, 5.41) is 20.4. The molecule has 2 aromatic carbocycles. The maximum Gasteiger partial charge on any atom is 0.254 e. The Kier molecular flexibility index (Phi) is 8.85. The largest absolute Gasteiger partial charge is 0.468 e. The Hall–Kier alpha value is -3.93. The van der Waals surface area contributed by atoms with Gasteiger partial charge in [-0.05, 0) is 68.1 Å². The van der Waals surface area contributed by atoms with E-state index in [2.05, 4.69) is 22.0 Å². The Morgan fingerprint density at radius 1 is 1.10 bits per heavy atom. The summed E-state index contributed by atoms with van der Waals surface area (Å²) in [6.45, 7) is 7.65. The van der Waals surface area contributed by atoms with Gasteiger partial charge in [0, 0.05) is 22.1 Å². The number of carbonyl (C=O) groups excluding carboxylic acids is 2. The molecular weight excluding hydrogens is 532 g/mol. The highest BCUT2D eigenvalue weighted by molar-refractivity contribution is 8.03. The van der Waals surface area contributed by atoms with Crippen LogP contribution in [0.25, 0.3) is 0 Å². The minimum Gasteiger partial charge on any atom is -0.468 e. The molecule has 1 atom stereocenters. The van der Waals surface area contributed by atoms with Crippen molar-refractivity contribution in [2.24, 2.45) is 0 Å². The van der Waals surface area contributed by atoms with E-state index in [1.54, 1.807) is 31.2 Å². The van der Waals surface area contributed by atoms with Crippen molar-refractivity contribution >= 4 is 46.6 Å². The number of nitriles is 1. The van der Waals surface area contributed by atoms with Gasteiger partial charge in [0.05, 0.1) is 40.2 Å². The lowest BCUT2D eigenvalue weighted by molar-refractivity contribution is -0.114. The number of dihydropyridines is 1. The number of halogens is 1. The van der Waals surface area contributed by atoms with Gasteiger partial charge in [0.1, 0.15) is 5.76 Å². The van der Waals surface area contributed by atoms with Crippen LogP contribution in [0.15, 0.2) is 81.1 Å². The zero-order valence-corrected chi connectivity index (χ0v) is 23.7. The molecule has 0 fully saturated rings. The van der Waals surface area contributed by atoms with Gasteiger partial charge in [-0.2, -0.15) is 5.26 Å². The molecule has 0 saturated heterocycles. The summed E-state index contributed by atoms with van der Waals surface area (Å²) < 4.78 is 5.70. The molecule has 1 aromatic heterocycles. The average Bonchev–Trinajstić information content (AvgIpc) is 3.45. The Morgan fingerprint density at radius 3 is 2.56 bits per heavy atom. The molecule has 39 heavy (non-hydrogen) atoms. The Labute approximate surface area is 237 Å². The first-order valence-corrected chi connectivity index (χ1v) is 13.8. The summed E-state index contributed by atoms with van der Waals surface area (Å²) in [5.41, 5.74) is 5.51. The molecule has 2 amide bonds. The monoisotopic (exact) mass is 560 g/mol. The predicted molar refractivity (Wildman–Crippen MR) is 156 cm³/mol. The van der Waals surface area contributed by atoms with Gasteiger partial charge in [-0.15, -0.1) is 0 Å². The molecule has 200 valence electrons. The third-order valence-electron chi connectivity index (χ3n) is 6.50. The van der Waals surface area contributed by atoms with Crippen molar-refractivity contribution in [3.63, 3.8) is 0 Å². The number of hydrogen-bond acceptors (Lipinski definition) is 6. The quantitative estimate of drug-likeness (QED) is 0.279. The zero-order valence-electron chi connectivity index (χ0n) is 22.1. The molecule has 0 bridgehead atoms. The molecule has 3 N–H and O–H groups in total. The second-order valence-electron chi connectivity index (χ2n) is 9.18. The van der Waals surface area contributed by atoms with Gasteiger partial charge in [-0.3, -0.25) is 9.59 Å². The van der Waals surface area contributed by atoms with E-state index in [-0.39, 0.29) is 17.6 Å².